The fourth-order valence-electron chi connectivity index (χ4n) is 1.70. The van der Waals surface area contributed by atoms with E-state index < -0.39 is 0 Å². The second-order valence-electron chi connectivity index (χ2n) is 4.10. The molecule has 1 aromatic heterocycles. The van der Waals surface area contributed by atoms with Crippen LogP contribution >= 0.6 is 22.6 Å². The van der Waals surface area contributed by atoms with E-state index in [0.29, 0.717) is 6.04 Å². The van der Waals surface area contributed by atoms with Crippen molar-refractivity contribution in [2.75, 3.05) is 0 Å². The zero-order chi connectivity index (χ0) is 12.3. The predicted molar refractivity (Wildman–Crippen MR) is 77.6 cm³/mol. The van der Waals surface area contributed by atoms with E-state index in [9.17, 15) is 0 Å². The van der Waals surface area contributed by atoms with Gasteiger partial charge in [0.2, 0.25) is 0 Å². The van der Waals surface area contributed by atoms with Crippen LogP contribution in [0.4, 0.5) is 0 Å². The number of hydrogen-bond acceptors (Lipinski definition) is 2. The molecular weight excluding hydrogens is 325 g/mol. The first-order chi connectivity index (χ1) is 8.16. The quantitative estimate of drug-likeness (QED) is 0.867. The van der Waals surface area contributed by atoms with E-state index in [2.05, 4.69) is 64.2 Å². The minimum atomic E-state index is 0.349. The van der Waals surface area contributed by atoms with Crippen molar-refractivity contribution >= 4 is 22.6 Å². The molecule has 0 amide bonds. The van der Waals surface area contributed by atoms with Crippen LogP contribution in [0.15, 0.2) is 36.5 Å². The molecule has 2 aromatic rings. The predicted octanol–water partition coefficient (Wildman–Crippen LogP) is 2.88. The van der Waals surface area contributed by atoms with Gasteiger partial charge < -0.3 is 5.32 Å². The normalized spacial score (nSPS) is 12.6. The molecule has 0 aliphatic rings. The fourth-order valence-corrected chi connectivity index (χ4v) is 2.06. The molecule has 2 rings (SSSR count). The monoisotopic (exact) mass is 341 g/mol. The van der Waals surface area contributed by atoms with E-state index in [1.54, 1.807) is 0 Å². The summed E-state index contributed by atoms with van der Waals surface area (Å²) in [5.74, 6) is 0. The van der Waals surface area contributed by atoms with E-state index in [0.717, 1.165) is 6.54 Å². The summed E-state index contributed by atoms with van der Waals surface area (Å²) in [6.45, 7) is 3.02. The zero-order valence-corrected chi connectivity index (χ0v) is 12.2. The Balaban J connectivity index is 1.95. The Hall–Kier alpha value is -0.880. The standard InChI is InChI=1S/C13H16IN3/c1-10(11-3-5-12(14)6-4-11)15-9-13-7-8-16-17(13)2/h3-8,10,15H,9H2,1-2H3. The van der Waals surface area contributed by atoms with Crippen molar-refractivity contribution < 1.29 is 0 Å². The Labute approximate surface area is 115 Å². The van der Waals surface area contributed by atoms with Crippen molar-refractivity contribution in [3.8, 4) is 0 Å². The number of aryl methyl sites for hydroxylation is 1. The average molecular weight is 341 g/mol. The maximum atomic E-state index is 4.15. The van der Waals surface area contributed by atoms with Gasteiger partial charge in [-0.1, -0.05) is 12.1 Å². The third-order valence-electron chi connectivity index (χ3n) is 2.88. The number of benzene rings is 1. The van der Waals surface area contributed by atoms with Gasteiger partial charge in [0.05, 0.1) is 5.69 Å². The van der Waals surface area contributed by atoms with Crippen LogP contribution in [0, 0.1) is 3.57 Å². The van der Waals surface area contributed by atoms with Crippen LogP contribution in [0.2, 0.25) is 0 Å². The molecule has 1 N–H and O–H groups in total. The zero-order valence-electron chi connectivity index (χ0n) is 10.0. The highest BCUT2D eigenvalue weighted by Gasteiger charge is 2.05. The molecule has 0 saturated heterocycles. The maximum absolute atomic E-state index is 4.15. The molecule has 0 aliphatic heterocycles. The molecule has 0 aliphatic carbocycles. The second-order valence-corrected chi connectivity index (χ2v) is 5.35. The van der Waals surface area contributed by atoms with Crippen molar-refractivity contribution in [3.63, 3.8) is 0 Å². The Morgan fingerprint density at radius 2 is 2.00 bits per heavy atom. The van der Waals surface area contributed by atoms with E-state index in [1.807, 2.05) is 24.0 Å². The van der Waals surface area contributed by atoms with Gasteiger partial charge in [0, 0.05) is 29.4 Å². The summed E-state index contributed by atoms with van der Waals surface area (Å²) < 4.78 is 3.17. The highest BCUT2D eigenvalue weighted by atomic mass is 127. The van der Waals surface area contributed by atoms with Crippen molar-refractivity contribution in [2.45, 2.75) is 19.5 Å². The highest BCUT2D eigenvalue weighted by Crippen LogP contribution is 2.14. The lowest BCUT2D eigenvalue weighted by Gasteiger charge is -2.14. The average Bonchev–Trinajstić information content (AvgIpc) is 2.73. The van der Waals surface area contributed by atoms with Crippen molar-refractivity contribution in [3.05, 3.63) is 51.4 Å². The summed E-state index contributed by atoms with van der Waals surface area (Å²) in [5, 5.41) is 7.65. The summed E-state index contributed by atoms with van der Waals surface area (Å²) in [6, 6.07) is 11.0. The van der Waals surface area contributed by atoms with Gasteiger partial charge in [-0.05, 0) is 53.3 Å². The lowest BCUT2D eigenvalue weighted by Crippen LogP contribution is -2.19. The molecule has 1 atom stereocenters. The molecule has 1 heterocycles. The van der Waals surface area contributed by atoms with Gasteiger partial charge in [-0.15, -0.1) is 0 Å². The molecule has 3 nitrogen and oxygen atoms in total. The van der Waals surface area contributed by atoms with Gasteiger partial charge >= 0.3 is 0 Å². The van der Waals surface area contributed by atoms with Crippen LogP contribution in [-0.4, -0.2) is 9.78 Å². The molecule has 0 radical (unpaired) electrons. The SMILES string of the molecule is CC(NCc1ccnn1C)c1ccc(I)cc1. The smallest absolute Gasteiger partial charge is 0.0518 e. The highest BCUT2D eigenvalue weighted by molar-refractivity contribution is 14.1. The Morgan fingerprint density at radius 1 is 1.29 bits per heavy atom. The topological polar surface area (TPSA) is 29.9 Å². The number of rotatable bonds is 4. The number of aromatic nitrogens is 2. The van der Waals surface area contributed by atoms with Crippen LogP contribution in [0.25, 0.3) is 0 Å². The van der Waals surface area contributed by atoms with Gasteiger partial charge in [-0.2, -0.15) is 5.10 Å². The molecule has 0 saturated carbocycles. The Kier molecular flexibility index (Phi) is 4.17. The number of halogens is 1. The molecule has 17 heavy (non-hydrogen) atoms. The minimum absolute atomic E-state index is 0.349. The summed E-state index contributed by atoms with van der Waals surface area (Å²) in [7, 11) is 1.96. The molecule has 1 unspecified atom stereocenters. The van der Waals surface area contributed by atoms with Crippen molar-refractivity contribution in [1.29, 1.82) is 0 Å². The summed E-state index contributed by atoms with van der Waals surface area (Å²) >= 11 is 2.32. The molecule has 0 spiro atoms. The van der Waals surface area contributed by atoms with E-state index in [-0.39, 0.29) is 0 Å². The van der Waals surface area contributed by atoms with Crippen molar-refractivity contribution in [2.24, 2.45) is 7.05 Å². The largest absolute Gasteiger partial charge is 0.305 e. The number of hydrogen-bond donors (Lipinski definition) is 1. The lowest BCUT2D eigenvalue weighted by atomic mass is 10.1. The van der Waals surface area contributed by atoms with Gasteiger partial charge in [0.25, 0.3) is 0 Å². The molecule has 0 fully saturated rings. The van der Waals surface area contributed by atoms with Gasteiger partial charge in [-0.25, -0.2) is 0 Å². The molecule has 0 bridgehead atoms. The van der Waals surface area contributed by atoms with Crippen LogP contribution in [0.3, 0.4) is 0 Å². The van der Waals surface area contributed by atoms with Gasteiger partial charge in [0.15, 0.2) is 0 Å². The molecule has 90 valence electrons. The third-order valence-corrected chi connectivity index (χ3v) is 3.60. The van der Waals surface area contributed by atoms with E-state index >= 15 is 0 Å². The molecular formula is C13H16IN3. The van der Waals surface area contributed by atoms with E-state index in [4.69, 9.17) is 0 Å². The van der Waals surface area contributed by atoms with Crippen LogP contribution in [-0.2, 0) is 13.6 Å². The maximum Gasteiger partial charge on any atom is 0.0518 e. The Morgan fingerprint density at radius 3 is 2.59 bits per heavy atom. The number of nitrogens with one attached hydrogen (secondary N) is 1. The van der Waals surface area contributed by atoms with Gasteiger partial charge in [-0.3, -0.25) is 4.68 Å². The summed E-state index contributed by atoms with van der Waals surface area (Å²) in [6.07, 6.45) is 1.83. The Bertz CT molecular complexity index is 476. The van der Waals surface area contributed by atoms with Crippen LogP contribution < -0.4 is 5.32 Å². The first kappa shape index (κ1) is 12.6. The summed E-state index contributed by atoms with van der Waals surface area (Å²) in [5.41, 5.74) is 2.51. The lowest BCUT2D eigenvalue weighted by molar-refractivity contribution is 0.548. The van der Waals surface area contributed by atoms with Crippen LogP contribution in [0.1, 0.15) is 24.2 Å². The third kappa shape index (κ3) is 3.29. The number of nitrogens with zero attached hydrogens (tertiary/aromatic N) is 2. The molecule has 4 heteroatoms. The van der Waals surface area contributed by atoms with Crippen molar-refractivity contribution in [1.82, 2.24) is 15.1 Å². The minimum Gasteiger partial charge on any atom is -0.305 e. The molecule has 1 aromatic carbocycles. The second kappa shape index (κ2) is 5.64. The fraction of sp³-hybridized carbons (Fsp3) is 0.308. The van der Waals surface area contributed by atoms with Gasteiger partial charge in [0.1, 0.15) is 0 Å². The first-order valence-corrected chi connectivity index (χ1v) is 6.70. The summed E-state index contributed by atoms with van der Waals surface area (Å²) in [4.78, 5) is 0. The van der Waals surface area contributed by atoms with E-state index in [1.165, 1.54) is 14.8 Å². The van der Waals surface area contributed by atoms with Crippen LogP contribution in [0.5, 0.6) is 0 Å². The first-order valence-electron chi connectivity index (χ1n) is 5.62.